The van der Waals surface area contributed by atoms with Gasteiger partial charge in [-0.1, -0.05) is 22.0 Å². The van der Waals surface area contributed by atoms with E-state index < -0.39 is 10.0 Å². The van der Waals surface area contributed by atoms with Gasteiger partial charge in [0.25, 0.3) is 10.0 Å². The van der Waals surface area contributed by atoms with Crippen LogP contribution in [0.1, 0.15) is 5.69 Å². The lowest BCUT2D eigenvalue weighted by Gasteiger charge is -2.06. The number of rotatable bonds is 5. The van der Waals surface area contributed by atoms with Gasteiger partial charge >= 0.3 is 0 Å². The van der Waals surface area contributed by atoms with E-state index in [0.717, 1.165) is 10.2 Å². The molecule has 0 atom stereocenters. The van der Waals surface area contributed by atoms with Crippen LogP contribution in [0.4, 0.5) is 5.69 Å². The normalized spacial score (nSPS) is 11.6. The highest BCUT2D eigenvalue weighted by molar-refractivity contribution is 9.10. The first-order valence-electron chi connectivity index (χ1n) is 6.00. The molecule has 0 aliphatic carbocycles. The molecule has 0 fully saturated rings. The van der Waals surface area contributed by atoms with E-state index in [2.05, 4.69) is 26.0 Å². The highest BCUT2D eigenvalue weighted by atomic mass is 79.9. The van der Waals surface area contributed by atoms with Crippen molar-refractivity contribution in [1.29, 1.82) is 0 Å². The van der Waals surface area contributed by atoms with Crippen LogP contribution in [-0.2, 0) is 23.6 Å². The number of nitrogens with zero attached hydrogens (tertiary/aromatic N) is 1. The Morgan fingerprint density at radius 2 is 2.05 bits per heavy atom. The third-order valence-corrected chi connectivity index (χ3v) is 4.67. The Balaban J connectivity index is 2.28. The minimum Gasteiger partial charge on any atom is -0.352 e. The summed E-state index contributed by atoms with van der Waals surface area (Å²) in [6.07, 6.45) is 1.60. The van der Waals surface area contributed by atoms with Gasteiger partial charge in [-0.2, -0.15) is 0 Å². The number of aromatic nitrogens is 1. The fourth-order valence-corrected chi connectivity index (χ4v) is 3.39. The Morgan fingerprint density at radius 3 is 2.70 bits per heavy atom. The summed E-state index contributed by atoms with van der Waals surface area (Å²) < 4.78 is 29.8. The van der Waals surface area contributed by atoms with Gasteiger partial charge in [0.15, 0.2) is 0 Å². The van der Waals surface area contributed by atoms with Crippen LogP contribution in [0.5, 0.6) is 0 Å². The molecule has 0 aliphatic heterocycles. The van der Waals surface area contributed by atoms with Crippen LogP contribution in [0.2, 0.25) is 0 Å². The number of aryl methyl sites for hydroxylation is 1. The van der Waals surface area contributed by atoms with Crippen LogP contribution in [0.3, 0.4) is 0 Å². The van der Waals surface area contributed by atoms with Crippen LogP contribution in [0.25, 0.3) is 0 Å². The van der Waals surface area contributed by atoms with Crippen molar-refractivity contribution >= 4 is 31.6 Å². The van der Waals surface area contributed by atoms with E-state index in [-0.39, 0.29) is 4.90 Å². The summed E-state index contributed by atoms with van der Waals surface area (Å²) in [5.74, 6) is 0. The van der Waals surface area contributed by atoms with Gasteiger partial charge in [-0.15, -0.1) is 0 Å². The van der Waals surface area contributed by atoms with Crippen LogP contribution in [-0.4, -0.2) is 20.0 Å². The summed E-state index contributed by atoms with van der Waals surface area (Å²) in [6.45, 7) is 0.614. The van der Waals surface area contributed by atoms with Gasteiger partial charge in [0.1, 0.15) is 4.90 Å². The van der Waals surface area contributed by atoms with E-state index in [4.69, 9.17) is 0 Å². The molecule has 0 unspecified atom stereocenters. The molecule has 7 heteroatoms. The Labute approximate surface area is 127 Å². The lowest BCUT2D eigenvalue weighted by molar-refractivity contribution is 0.601. The van der Waals surface area contributed by atoms with Crippen molar-refractivity contribution in [3.05, 3.63) is 46.7 Å². The number of hydrogen-bond donors (Lipinski definition) is 2. The van der Waals surface area contributed by atoms with Crippen molar-refractivity contribution in [2.75, 3.05) is 11.8 Å². The first-order valence-corrected chi connectivity index (χ1v) is 8.28. The maximum absolute atomic E-state index is 12.3. The minimum absolute atomic E-state index is 0.255. The van der Waals surface area contributed by atoms with Gasteiger partial charge in [-0.25, -0.2) is 8.42 Å². The zero-order valence-corrected chi connectivity index (χ0v) is 13.6. The monoisotopic (exact) mass is 357 g/mol. The molecule has 0 amide bonds. The number of benzene rings is 1. The molecule has 0 aliphatic rings. The molecular weight excluding hydrogens is 342 g/mol. The average Bonchev–Trinajstić information content (AvgIpc) is 2.72. The van der Waals surface area contributed by atoms with Crippen molar-refractivity contribution in [1.82, 2.24) is 9.88 Å². The largest absolute Gasteiger partial charge is 0.352 e. The second-order valence-corrected chi connectivity index (χ2v) is 7.02. The highest BCUT2D eigenvalue weighted by Crippen LogP contribution is 2.21. The summed E-state index contributed by atoms with van der Waals surface area (Å²) >= 11 is 3.31. The van der Waals surface area contributed by atoms with Crippen molar-refractivity contribution in [2.24, 2.45) is 7.05 Å². The second kappa shape index (κ2) is 5.99. The van der Waals surface area contributed by atoms with Crippen molar-refractivity contribution in [2.45, 2.75) is 11.4 Å². The second-order valence-electron chi connectivity index (χ2n) is 4.42. The smallest absolute Gasteiger partial charge is 0.263 e. The molecule has 2 aromatic rings. The molecule has 1 aromatic heterocycles. The van der Waals surface area contributed by atoms with E-state index in [9.17, 15) is 8.42 Å². The molecule has 2 rings (SSSR count). The molecule has 0 saturated heterocycles. The quantitative estimate of drug-likeness (QED) is 0.862. The Kier molecular flexibility index (Phi) is 4.52. The van der Waals surface area contributed by atoms with Gasteiger partial charge in [0.2, 0.25) is 0 Å². The van der Waals surface area contributed by atoms with Gasteiger partial charge in [-0.05, 0) is 31.3 Å². The van der Waals surface area contributed by atoms with E-state index >= 15 is 0 Å². The summed E-state index contributed by atoms with van der Waals surface area (Å²) in [5.41, 5.74) is 1.43. The minimum atomic E-state index is -3.57. The molecule has 1 aromatic carbocycles. The first kappa shape index (κ1) is 15.1. The molecular formula is C13H16BrN3O2S. The topological polar surface area (TPSA) is 63.1 Å². The summed E-state index contributed by atoms with van der Waals surface area (Å²) in [6, 6.07) is 8.70. The van der Waals surface area contributed by atoms with E-state index in [1.54, 1.807) is 35.0 Å². The highest BCUT2D eigenvalue weighted by Gasteiger charge is 2.17. The first-order chi connectivity index (χ1) is 9.42. The van der Waals surface area contributed by atoms with Crippen molar-refractivity contribution in [3.8, 4) is 0 Å². The van der Waals surface area contributed by atoms with Crippen molar-refractivity contribution < 1.29 is 8.42 Å². The molecule has 1 heterocycles. The van der Waals surface area contributed by atoms with Gasteiger partial charge < -0.3 is 9.88 Å². The Bertz CT molecular complexity index is 710. The number of hydrogen-bond acceptors (Lipinski definition) is 3. The summed E-state index contributed by atoms with van der Waals surface area (Å²) in [4.78, 5) is 0.255. The molecule has 0 saturated carbocycles. The van der Waals surface area contributed by atoms with Gasteiger partial charge in [0, 0.05) is 35.6 Å². The Morgan fingerprint density at radius 1 is 1.30 bits per heavy atom. The number of nitrogens with one attached hydrogen (secondary N) is 2. The molecule has 2 N–H and O–H groups in total. The fraction of sp³-hybridized carbons (Fsp3) is 0.231. The molecule has 0 spiro atoms. The Hall–Kier alpha value is -1.31. The van der Waals surface area contributed by atoms with Gasteiger partial charge in [0.05, 0.1) is 0 Å². The molecule has 0 bridgehead atoms. The maximum Gasteiger partial charge on any atom is 0.263 e. The van der Waals surface area contributed by atoms with Crippen molar-refractivity contribution in [3.63, 3.8) is 0 Å². The van der Waals surface area contributed by atoms with E-state index in [1.807, 2.05) is 20.2 Å². The number of halogens is 1. The summed E-state index contributed by atoms with van der Waals surface area (Å²) in [7, 11) is 0.0750. The predicted octanol–water partition coefficient (Wildman–Crippen LogP) is 2.31. The SMILES string of the molecule is CNCc1cc(S(=O)(=O)Nc2cccc(Br)c2)cn1C. The lowest BCUT2D eigenvalue weighted by Crippen LogP contribution is -2.12. The van der Waals surface area contributed by atoms with E-state index in [0.29, 0.717) is 12.2 Å². The average molecular weight is 358 g/mol. The predicted molar refractivity (Wildman–Crippen MR) is 83.1 cm³/mol. The summed E-state index contributed by atoms with van der Waals surface area (Å²) in [5, 5.41) is 3.00. The zero-order valence-electron chi connectivity index (χ0n) is 11.2. The zero-order chi connectivity index (χ0) is 14.8. The maximum atomic E-state index is 12.3. The molecule has 20 heavy (non-hydrogen) atoms. The molecule has 5 nitrogen and oxygen atoms in total. The number of sulfonamides is 1. The molecule has 0 radical (unpaired) electrons. The standard InChI is InChI=1S/C13H16BrN3O2S/c1-15-8-12-7-13(9-17(12)2)20(18,19)16-11-5-3-4-10(14)6-11/h3-7,9,15-16H,8H2,1-2H3. The van der Waals surface area contributed by atoms with E-state index in [1.165, 1.54) is 0 Å². The third-order valence-electron chi connectivity index (χ3n) is 2.83. The van der Waals surface area contributed by atoms with Crippen LogP contribution in [0.15, 0.2) is 45.9 Å². The lowest BCUT2D eigenvalue weighted by atomic mass is 10.3. The fourth-order valence-electron chi connectivity index (χ4n) is 1.85. The van der Waals surface area contributed by atoms with Crippen LogP contribution < -0.4 is 10.0 Å². The van der Waals surface area contributed by atoms with Crippen LogP contribution in [0, 0.1) is 0 Å². The van der Waals surface area contributed by atoms with Gasteiger partial charge in [-0.3, -0.25) is 4.72 Å². The third kappa shape index (κ3) is 3.41. The molecule has 108 valence electrons. The van der Waals surface area contributed by atoms with Crippen LogP contribution >= 0.6 is 15.9 Å². The number of anilines is 1.